The van der Waals surface area contributed by atoms with Crippen molar-refractivity contribution >= 4 is 23.1 Å². The van der Waals surface area contributed by atoms with Crippen molar-refractivity contribution in [2.75, 3.05) is 5.32 Å². The molecule has 28 heavy (non-hydrogen) atoms. The molecule has 1 amide bonds. The summed E-state index contributed by atoms with van der Waals surface area (Å²) in [6.07, 6.45) is 5.14. The van der Waals surface area contributed by atoms with Crippen molar-refractivity contribution in [2.45, 2.75) is 6.92 Å². The highest BCUT2D eigenvalue weighted by Crippen LogP contribution is 2.25. The lowest BCUT2D eigenvalue weighted by molar-refractivity contribution is 0.102. The van der Waals surface area contributed by atoms with E-state index in [0.29, 0.717) is 0 Å². The average Bonchev–Trinajstić information content (AvgIpc) is 3.31. The number of hydrogen-bond acceptors (Lipinski definition) is 6. The second kappa shape index (κ2) is 7.24. The van der Waals surface area contributed by atoms with Gasteiger partial charge in [0.05, 0.1) is 5.69 Å². The molecule has 0 unspecified atom stereocenters. The Balaban J connectivity index is 1.54. The molecule has 0 aliphatic rings. The van der Waals surface area contributed by atoms with Gasteiger partial charge in [0.15, 0.2) is 0 Å². The maximum Gasteiger partial charge on any atom is 0.257 e. The molecular formula is C18H12F2N6OS. The van der Waals surface area contributed by atoms with Crippen LogP contribution in [0.25, 0.3) is 16.3 Å². The van der Waals surface area contributed by atoms with E-state index < -0.39 is 17.8 Å². The van der Waals surface area contributed by atoms with Crippen LogP contribution in [0.3, 0.4) is 0 Å². The lowest BCUT2D eigenvalue weighted by Gasteiger charge is -2.06. The van der Waals surface area contributed by atoms with Crippen LogP contribution in [0, 0.1) is 18.8 Å². The Morgan fingerprint density at radius 2 is 1.96 bits per heavy atom. The Bertz CT molecular complexity index is 1120. The third-order valence-electron chi connectivity index (χ3n) is 3.86. The van der Waals surface area contributed by atoms with Crippen molar-refractivity contribution < 1.29 is 13.6 Å². The molecule has 0 saturated heterocycles. The number of anilines is 1. The second-order valence-corrected chi connectivity index (χ2v) is 6.65. The highest BCUT2D eigenvalue weighted by Gasteiger charge is 2.13. The zero-order valence-corrected chi connectivity index (χ0v) is 15.2. The molecule has 0 aliphatic heterocycles. The van der Waals surface area contributed by atoms with Crippen LogP contribution in [0.1, 0.15) is 16.1 Å². The molecule has 10 heteroatoms. The summed E-state index contributed by atoms with van der Waals surface area (Å²) < 4.78 is 28.0. The Hall–Kier alpha value is -3.53. The van der Waals surface area contributed by atoms with Gasteiger partial charge in [0.2, 0.25) is 17.0 Å². The number of rotatable bonds is 4. The molecule has 0 fully saturated rings. The van der Waals surface area contributed by atoms with Crippen LogP contribution >= 0.6 is 11.3 Å². The van der Waals surface area contributed by atoms with Crippen LogP contribution in [-0.4, -0.2) is 30.6 Å². The van der Waals surface area contributed by atoms with E-state index in [2.05, 4.69) is 25.4 Å². The first-order valence-corrected chi connectivity index (χ1v) is 8.94. The minimum atomic E-state index is -1.07. The van der Waals surface area contributed by atoms with Gasteiger partial charge in [0, 0.05) is 52.8 Å². The third kappa shape index (κ3) is 3.62. The van der Waals surface area contributed by atoms with E-state index in [1.54, 1.807) is 29.2 Å². The quantitative estimate of drug-likeness (QED) is 0.531. The van der Waals surface area contributed by atoms with Crippen molar-refractivity contribution in [1.82, 2.24) is 24.7 Å². The van der Waals surface area contributed by atoms with E-state index in [0.717, 1.165) is 34.1 Å². The summed E-state index contributed by atoms with van der Waals surface area (Å²) in [5.41, 5.74) is 2.30. The summed E-state index contributed by atoms with van der Waals surface area (Å²) in [5.74, 6) is -2.58. The van der Waals surface area contributed by atoms with Gasteiger partial charge in [-0.3, -0.25) is 4.79 Å². The molecule has 4 rings (SSSR count). The lowest BCUT2D eigenvalue weighted by atomic mass is 10.1. The topological polar surface area (TPSA) is 85.6 Å². The zero-order valence-electron chi connectivity index (χ0n) is 14.4. The van der Waals surface area contributed by atoms with Crippen molar-refractivity contribution in [2.24, 2.45) is 0 Å². The predicted octanol–water partition coefficient (Wildman–Crippen LogP) is 3.62. The third-order valence-corrected chi connectivity index (χ3v) is 4.62. The molecule has 0 saturated carbocycles. The molecule has 0 aromatic carbocycles. The molecule has 1 N–H and O–H groups in total. The van der Waals surface area contributed by atoms with Gasteiger partial charge in [-0.1, -0.05) is 0 Å². The number of carbonyl (C=O) groups is 1. The maximum atomic E-state index is 13.2. The summed E-state index contributed by atoms with van der Waals surface area (Å²) in [6, 6.07) is 5.07. The normalized spacial score (nSPS) is 10.8. The minimum Gasteiger partial charge on any atom is -0.307 e. The monoisotopic (exact) mass is 398 g/mol. The van der Waals surface area contributed by atoms with E-state index >= 15 is 0 Å². The number of aromatic nitrogens is 5. The number of halogens is 2. The average molecular weight is 398 g/mol. The van der Waals surface area contributed by atoms with Gasteiger partial charge in [-0.05, 0) is 19.1 Å². The van der Waals surface area contributed by atoms with Crippen molar-refractivity contribution in [3.8, 4) is 16.3 Å². The molecule has 4 aromatic rings. The Labute approximate surface area is 161 Å². The molecule has 4 heterocycles. The summed E-state index contributed by atoms with van der Waals surface area (Å²) >= 11 is 1.47. The first-order valence-electron chi connectivity index (χ1n) is 8.06. The molecular weight excluding hydrogens is 386 g/mol. The molecule has 7 nitrogen and oxygen atoms in total. The molecule has 0 aliphatic carbocycles. The fourth-order valence-electron chi connectivity index (χ4n) is 2.58. The number of hydrogen-bond donors (Lipinski definition) is 1. The fourth-order valence-corrected chi connectivity index (χ4v) is 3.15. The number of thiazole rings is 1. The zero-order chi connectivity index (χ0) is 19.7. The molecule has 140 valence electrons. The number of carbonyl (C=O) groups excluding carboxylic acids is 1. The minimum absolute atomic E-state index is 0.184. The van der Waals surface area contributed by atoms with Gasteiger partial charge < -0.3 is 5.32 Å². The van der Waals surface area contributed by atoms with Crippen molar-refractivity contribution in [1.29, 1.82) is 0 Å². The van der Waals surface area contributed by atoms with Gasteiger partial charge in [0.1, 0.15) is 5.82 Å². The maximum absolute atomic E-state index is 13.2. The van der Waals surface area contributed by atoms with Crippen LogP contribution in [0.15, 0.2) is 48.2 Å². The highest BCUT2D eigenvalue weighted by atomic mass is 32.1. The predicted molar refractivity (Wildman–Crippen MR) is 99.3 cm³/mol. The highest BCUT2D eigenvalue weighted by molar-refractivity contribution is 7.12. The summed E-state index contributed by atoms with van der Waals surface area (Å²) in [4.78, 5) is 23.5. The molecule has 0 atom stereocenters. The van der Waals surface area contributed by atoms with E-state index in [1.165, 1.54) is 11.3 Å². The lowest BCUT2D eigenvalue weighted by Crippen LogP contribution is -2.14. The summed E-state index contributed by atoms with van der Waals surface area (Å²) in [5, 5.41) is 9.56. The Kier molecular flexibility index (Phi) is 4.62. The standard InChI is InChI=1S/C18H12F2N6OS/c1-10-13(9-26(25-10)18-21-4-5-28-18)11-2-3-16(22-8-11)24-17(27)12-6-14(19)23-15(20)7-12/h2-9H,1H3,(H,22,24,27). The number of nitrogens with zero attached hydrogens (tertiary/aromatic N) is 5. The van der Waals surface area contributed by atoms with Gasteiger partial charge >= 0.3 is 0 Å². The van der Waals surface area contributed by atoms with E-state index in [4.69, 9.17) is 0 Å². The van der Waals surface area contributed by atoms with Crippen LogP contribution in [0.5, 0.6) is 0 Å². The Morgan fingerprint density at radius 3 is 2.61 bits per heavy atom. The van der Waals surface area contributed by atoms with Crippen molar-refractivity contribution in [3.63, 3.8) is 0 Å². The number of nitrogens with one attached hydrogen (secondary N) is 1. The van der Waals surface area contributed by atoms with Gasteiger partial charge in [-0.2, -0.15) is 18.9 Å². The SMILES string of the molecule is Cc1nn(-c2nccs2)cc1-c1ccc(NC(=O)c2cc(F)nc(F)c2)nc1. The van der Waals surface area contributed by atoms with Gasteiger partial charge in [-0.15, -0.1) is 11.3 Å². The van der Waals surface area contributed by atoms with E-state index in [9.17, 15) is 13.6 Å². The second-order valence-electron chi connectivity index (χ2n) is 5.77. The number of amides is 1. The number of aryl methyl sites for hydroxylation is 1. The van der Waals surface area contributed by atoms with Gasteiger partial charge in [0.25, 0.3) is 5.91 Å². The number of pyridine rings is 2. The van der Waals surface area contributed by atoms with Crippen LogP contribution in [0.2, 0.25) is 0 Å². The van der Waals surface area contributed by atoms with Crippen LogP contribution in [0.4, 0.5) is 14.6 Å². The fraction of sp³-hybridized carbons (Fsp3) is 0.0556. The van der Waals surface area contributed by atoms with Crippen molar-refractivity contribution in [3.05, 3.63) is 71.4 Å². The van der Waals surface area contributed by atoms with Crippen LogP contribution in [-0.2, 0) is 0 Å². The smallest absolute Gasteiger partial charge is 0.257 e. The van der Waals surface area contributed by atoms with E-state index in [-0.39, 0.29) is 11.4 Å². The summed E-state index contributed by atoms with van der Waals surface area (Å²) in [7, 11) is 0. The molecule has 4 aromatic heterocycles. The Morgan fingerprint density at radius 1 is 1.18 bits per heavy atom. The largest absolute Gasteiger partial charge is 0.307 e. The van der Waals surface area contributed by atoms with Crippen LogP contribution < -0.4 is 5.32 Å². The molecule has 0 bridgehead atoms. The molecule has 0 radical (unpaired) electrons. The van der Waals surface area contributed by atoms with Gasteiger partial charge in [-0.25, -0.2) is 14.6 Å². The first kappa shape index (κ1) is 17.9. The van der Waals surface area contributed by atoms with E-state index in [1.807, 2.05) is 18.5 Å². The summed E-state index contributed by atoms with van der Waals surface area (Å²) in [6.45, 7) is 1.88. The first-order chi connectivity index (χ1) is 13.5. The molecule has 0 spiro atoms.